The highest BCUT2D eigenvalue weighted by Crippen LogP contribution is 2.29. The number of nitrogens with zero attached hydrogens (tertiary/aromatic N) is 1. The molecule has 0 saturated heterocycles. The molecule has 0 aliphatic carbocycles. The number of thiazole rings is 1. The fourth-order valence-corrected chi connectivity index (χ4v) is 3.13. The molecule has 0 aliphatic heterocycles. The van der Waals surface area contributed by atoms with Gasteiger partial charge in [0.05, 0.1) is 15.6 Å². The van der Waals surface area contributed by atoms with Gasteiger partial charge < -0.3 is 5.11 Å². The number of aromatic nitrogens is 1. The smallest absolute Gasteiger partial charge is 0.327 e. The summed E-state index contributed by atoms with van der Waals surface area (Å²) in [6.45, 7) is 2.06. The van der Waals surface area contributed by atoms with Crippen LogP contribution >= 0.6 is 22.7 Å². The highest BCUT2D eigenvalue weighted by molar-refractivity contribution is 7.14. The lowest BCUT2D eigenvalue weighted by molar-refractivity contribution is -0.131. The average Bonchev–Trinajstić information content (AvgIpc) is 2.86. The van der Waals surface area contributed by atoms with Crippen LogP contribution in [0.3, 0.4) is 0 Å². The Balaban J connectivity index is 2.11. The van der Waals surface area contributed by atoms with Gasteiger partial charge in [0, 0.05) is 17.9 Å². The number of carboxylic acids is 1. The molecule has 2 aromatic rings. The molecule has 5 heteroatoms. The van der Waals surface area contributed by atoms with Crippen molar-refractivity contribution in [3.63, 3.8) is 0 Å². The van der Waals surface area contributed by atoms with Crippen molar-refractivity contribution < 1.29 is 9.90 Å². The third-order valence-corrected chi connectivity index (χ3v) is 4.11. The number of hydrogen-bond acceptors (Lipinski definition) is 4. The SMILES string of the molecule is Cc1ccsc1-c1csc(C/C=C/C(=O)O)n1. The molecular weight excluding hydrogens is 254 g/mol. The second kappa shape index (κ2) is 5.25. The zero-order valence-corrected chi connectivity index (χ0v) is 10.8. The first kappa shape index (κ1) is 12.0. The first-order chi connectivity index (χ1) is 8.16. The quantitative estimate of drug-likeness (QED) is 0.862. The van der Waals surface area contributed by atoms with Crippen molar-refractivity contribution in [3.8, 4) is 10.6 Å². The number of thiophene rings is 1. The first-order valence-corrected chi connectivity index (χ1v) is 6.81. The summed E-state index contributed by atoms with van der Waals surface area (Å²) in [5.74, 6) is -0.920. The molecule has 0 unspecified atom stereocenters. The van der Waals surface area contributed by atoms with Crippen molar-refractivity contribution in [1.82, 2.24) is 4.98 Å². The van der Waals surface area contributed by atoms with Crippen molar-refractivity contribution >= 4 is 28.6 Å². The van der Waals surface area contributed by atoms with Gasteiger partial charge in [-0.1, -0.05) is 6.08 Å². The number of rotatable bonds is 4. The Morgan fingerprint density at radius 3 is 3.00 bits per heavy atom. The monoisotopic (exact) mass is 265 g/mol. The maximum absolute atomic E-state index is 10.3. The predicted molar refractivity (Wildman–Crippen MR) is 70.6 cm³/mol. The molecular formula is C12H11NO2S2. The summed E-state index contributed by atoms with van der Waals surface area (Å²) in [6, 6.07) is 2.07. The van der Waals surface area contributed by atoms with Crippen molar-refractivity contribution in [2.24, 2.45) is 0 Å². The topological polar surface area (TPSA) is 50.2 Å². The van der Waals surface area contributed by atoms with Crippen LogP contribution in [0.5, 0.6) is 0 Å². The van der Waals surface area contributed by atoms with Gasteiger partial charge >= 0.3 is 5.97 Å². The fourth-order valence-electron chi connectivity index (χ4n) is 1.40. The minimum absolute atomic E-state index is 0.571. The molecule has 17 heavy (non-hydrogen) atoms. The van der Waals surface area contributed by atoms with Crippen molar-refractivity contribution in [1.29, 1.82) is 0 Å². The van der Waals surface area contributed by atoms with E-state index < -0.39 is 5.97 Å². The molecule has 2 rings (SSSR count). The van der Waals surface area contributed by atoms with Crippen LogP contribution in [0.2, 0.25) is 0 Å². The van der Waals surface area contributed by atoms with Crippen LogP contribution in [-0.4, -0.2) is 16.1 Å². The Morgan fingerprint density at radius 2 is 2.35 bits per heavy atom. The molecule has 2 heterocycles. The molecule has 0 amide bonds. The summed E-state index contributed by atoms with van der Waals surface area (Å²) < 4.78 is 0. The van der Waals surface area contributed by atoms with E-state index in [0.717, 1.165) is 16.8 Å². The van der Waals surface area contributed by atoms with Crippen LogP contribution in [0.15, 0.2) is 29.0 Å². The Labute approximate surface area is 107 Å². The molecule has 0 aliphatic rings. The summed E-state index contributed by atoms with van der Waals surface area (Å²) >= 11 is 3.24. The Bertz CT molecular complexity index is 554. The molecule has 88 valence electrons. The van der Waals surface area contributed by atoms with Gasteiger partial charge in [-0.25, -0.2) is 9.78 Å². The van der Waals surface area contributed by atoms with Gasteiger partial charge in [0.1, 0.15) is 0 Å². The predicted octanol–water partition coefficient (Wildman–Crippen LogP) is 3.36. The third kappa shape index (κ3) is 3.01. The standard InChI is InChI=1S/C12H11NO2S2/c1-8-5-6-16-12(8)9-7-17-10(13-9)3-2-4-11(14)15/h2,4-7H,3H2,1H3,(H,14,15)/b4-2+. The number of aliphatic carboxylic acids is 1. The van der Waals surface area contributed by atoms with Gasteiger partial charge in [0.15, 0.2) is 0 Å². The van der Waals surface area contributed by atoms with Gasteiger partial charge in [-0.15, -0.1) is 22.7 Å². The fraction of sp³-hybridized carbons (Fsp3) is 0.167. The lowest BCUT2D eigenvalue weighted by Gasteiger charge is -1.92. The molecule has 0 bridgehead atoms. The second-order valence-electron chi connectivity index (χ2n) is 3.50. The average molecular weight is 265 g/mol. The molecule has 0 fully saturated rings. The summed E-state index contributed by atoms with van der Waals surface area (Å²) in [5, 5.41) is 13.5. The molecule has 0 atom stereocenters. The summed E-state index contributed by atoms with van der Waals surface area (Å²) in [4.78, 5) is 16.0. The molecule has 0 aromatic carbocycles. The van der Waals surface area contributed by atoms with E-state index in [2.05, 4.69) is 18.0 Å². The molecule has 2 aromatic heterocycles. The minimum atomic E-state index is -0.920. The van der Waals surface area contributed by atoms with E-state index in [0.29, 0.717) is 6.42 Å². The third-order valence-electron chi connectivity index (χ3n) is 2.20. The lowest BCUT2D eigenvalue weighted by Crippen LogP contribution is -1.87. The maximum atomic E-state index is 10.3. The van der Waals surface area contributed by atoms with E-state index in [1.165, 1.54) is 10.4 Å². The van der Waals surface area contributed by atoms with Gasteiger partial charge in [0.2, 0.25) is 0 Å². The highest BCUT2D eigenvalue weighted by Gasteiger charge is 2.07. The Morgan fingerprint density at radius 1 is 1.53 bits per heavy atom. The zero-order valence-electron chi connectivity index (χ0n) is 9.21. The summed E-state index contributed by atoms with van der Waals surface area (Å²) in [7, 11) is 0. The van der Waals surface area contributed by atoms with Crippen LogP contribution in [-0.2, 0) is 11.2 Å². The zero-order chi connectivity index (χ0) is 12.3. The summed E-state index contributed by atoms with van der Waals surface area (Å²) in [5.41, 5.74) is 2.22. The minimum Gasteiger partial charge on any atom is -0.478 e. The van der Waals surface area contributed by atoms with Crippen LogP contribution in [0.4, 0.5) is 0 Å². The van der Waals surface area contributed by atoms with E-state index in [-0.39, 0.29) is 0 Å². The van der Waals surface area contributed by atoms with E-state index in [9.17, 15) is 4.79 Å². The van der Waals surface area contributed by atoms with Gasteiger partial charge in [-0.2, -0.15) is 0 Å². The number of allylic oxidation sites excluding steroid dienone is 1. The van der Waals surface area contributed by atoms with E-state index in [4.69, 9.17) is 5.11 Å². The van der Waals surface area contributed by atoms with Crippen LogP contribution in [0.25, 0.3) is 10.6 Å². The van der Waals surface area contributed by atoms with Crippen molar-refractivity contribution in [2.45, 2.75) is 13.3 Å². The normalized spacial score (nSPS) is 11.1. The number of carbonyl (C=O) groups is 1. The largest absolute Gasteiger partial charge is 0.478 e. The molecule has 3 nitrogen and oxygen atoms in total. The van der Waals surface area contributed by atoms with E-state index in [1.54, 1.807) is 28.7 Å². The van der Waals surface area contributed by atoms with E-state index in [1.807, 2.05) is 10.8 Å². The molecule has 0 spiro atoms. The van der Waals surface area contributed by atoms with Gasteiger partial charge in [-0.3, -0.25) is 0 Å². The van der Waals surface area contributed by atoms with Crippen molar-refractivity contribution in [3.05, 3.63) is 39.5 Å². The second-order valence-corrected chi connectivity index (χ2v) is 5.36. The van der Waals surface area contributed by atoms with Gasteiger partial charge in [-0.05, 0) is 23.9 Å². The van der Waals surface area contributed by atoms with Crippen LogP contribution < -0.4 is 0 Å². The van der Waals surface area contributed by atoms with Crippen molar-refractivity contribution in [2.75, 3.05) is 0 Å². The molecule has 0 radical (unpaired) electrons. The molecule has 1 N–H and O–H groups in total. The molecule has 0 saturated carbocycles. The number of aryl methyl sites for hydroxylation is 1. The number of hydrogen-bond donors (Lipinski definition) is 1. The van der Waals surface area contributed by atoms with Crippen LogP contribution in [0, 0.1) is 6.92 Å². The van der Waals surface area contributed by atoms with E-state index >= 15 is 0 Å². The highest BCUT2D eigenvalue weighted by atomic mass is 32.1. The maximum Gasteiger partial charge on any atom is 0.327 e. The Hall–Kier alpha value is -1.46. The van der Waals surface area contributed by atoms with Crippen LogP contribution in [0.1, 0.15) is 10.6 Å². The summed E-state index contributed by atoms with van der Waals surface area (Å²) in [6.07, 6.45) is 3.34. The van der Waals surface area contributed by atoms with Gasteiger partial charge in [0.25, 0.3) is 0 Å². The lowest BCUT2D eigenvalue weighted by atomic mass is 10.2. The first-order valence-electron chi connectivity index (χ1n) is 5.05. The Kier molecular flexibility index (Phi) is 3.71. The number of carboxylic acid groups (broad SMARTS) is 1.